The predicted octanol–water partition coefficient (Wildman–Crippen LogP) is 2.29. The Morgan fingerprint density at radius 1 is 1.15 bits per heavy atom. The lowest BCUT2D eigenvalue weighted by molar-refractivity contribution is -0.133. The van der Waals surface area contributed by atoms with Crippen LogP contribution in [0.2, 0.25) is 0 Å². The number of carbonyl (C=O) groups excluding carboxylic acids is 1. The molecule has 0 atom stereocenters. The van der Waals surface area contributed by atoms with Gasteiger partial charge in [0.2, 0.25) is 11.7 Å². The molecule has 0 unspecified atom stereocenters. The third kappa shape index (κ3) is 3.79. The van der Waals surface area contributed by atoms with E-state index in [1.54, 1.807) is 23.9 Å². The zero-order valence-corrected chi connectivity index (χ0v) is 15.5. The summed E-state index contributed by atoms with van der Waals surface area (Å²) in [7, 11) is 0. The highest BCUT2D eigenvalue weighted by atomic mass is 16.2. The number of aromatic nitrogens is 3. The van der Waals surface area contributed by atoms with Gasteiger partial charge in [0, 0.05) is 37.2 Å². The quantitative estimate of drug-likeness (QED) is 0.714. The number of amides is 1. The van der Waals surface area contributed by atoms with Gasteiger partial charge >= 0.3 is 0 Å². The Bertz CT molecular complexity index is 998. The Hall–Kier alpha value is -2.89. The van der Waals surface area contributed by atoms with Crippen molar-refractivity contribution in [1.29, 1.82) is 0 Å². The Morgan fingerprint density at radius 2 is 1.89 bits per heavy atom. The van der Waals surface area contributed by atoms with Gasteiger partial charge in [-0.2, -0.15) is 0 Å². The smallest absolute Gasteiger partial charge is 0.259 e. The standard InChI is InChI=1S/C21H24N4O2/c1-16-13-19(26)25-12-11-24(21(25)22-16)15-20(27)23-9-7-18(8-10-23)14-17-5-3-2-4-6-17/h2-6,11-13,18H,7-10,14-15H2,1H3. The van der Waals surface area contributed by atoms with Crippen molar-refractivity contribution in [2.75, 3.05) is 13.1 Å². The van der Waals surface area contributed by atoms with E-state index in [9.17, 15) is 9.59 Å². The van der Waals surface area contributed by atoms with Crippen LogP contribution in [0, 0.1) is 12.8 Å². The van der Waals surface area contributed by atoms with Crippen molar-refractivity contribution in [2.45, 2.75) is 32.7 Å². The van der Waals surface area contributed by atoms with E-state index in [0.29, 0.717) is 17.4 Å². The van der Waals surface area contributed by atoms with Gasteiger partial charge in [-0.05, 0) is 37.7 Å². The number of rotatable bonds is 4. The summed E-state index contributed by atoms with van der Waals surface area (Å²) in [5, 5.41) is 0. The Balaban J connectivity index is 1.38. The molecular weight excluding hydrogens is 340 g/mol. The molecule has 1 amide bonds. The number of hydrogen-bond acceptors (Lipinski definition) is 3. The lowest BCUT2D eigenvalue weighted by Crippen LogP contribution is -2.40. The number of fused-ring (bicyclic) bond motifs is 1. The molecule has 4 rings (SSSR count). The lowest BCUT2D eigenvalue weighted by atomic mass is 9.90. The van der Waals surface area contributed by atoms with Crippen LogP contribution in [0.25, 0.3) is 5.78 Å². The first kappa shape index (κ1) is 17.5. The average Bonchev–Trinajstić information content (AvgIpc) is 3.06. The fourth-order valence-electron chi connectivity index (χ4n) is 3.85. The van der Waals surface area contributed by atoms with Crippen LogP contribution in [0.5, 0.6) is 0 Å². The summed E-state index contributed by atoms with van der Waals surface area (Å²) in [6.07, 6.45) is 6.57. The van der Waals surface area contributed by atoms with E-state index in [-0.39, 0.29) is 18.0 Å². The second-order valence-electron chi connectivity index (χ2n) is 7.35. The Labute approximate surface area is 158 Å². The molecule has 0 aliphatic carbocycles. The van der Waals surface area contributed by atoms with Crippen molar-refractivity contribution in [3.8, 4) is 0 Å². The molecule has 27 heavy (non-hydrogen) atoms. The largest absolute Gasteiger partial charge is 0.341 e. The van der Waals surface area contributed by atoms with E-state index in [1.807, 2.05) is 11.0 Å². The number of hydrogen-bond donors (Lipinski definition) is 0. The molecule has 1 aliphatic heterocycles. The average molecular weight is 364 g/mol. The van der Waals surface area contributed by atoms with Gasteiger partial charge in [-0.25, -0.2) is 4.98 Å². The van der Waals surface area contributed by atoms with Crippen molar-refractivity contribution < 1.29 is 4.79 Å². The van der Waals surface area contributed by atoms with Crippen LogP contribution in [-0.2, 0) is 17.8 Å². The first-order valence-electron chi connectivity index (χ1n) is 9.47. The molecule has 1 aliphatic rings. The molecule has 0 spiro atoms. The van der Waals surface area contributed by atoms with E-state index in [2.05, 4.69) is 29.2 Å². The molecule has 3 heterocycles. The molecule has 3 aromatic rings. The van der Waals surface area contributed by atoms with Crippen LogP contribution in [0.4, 0.5) is 0 Å². The van der Waals surface area contributed by atoms with E-state index >= 15 is 0 Å². The maximum absolute atomic E-state index is 12.7. The number of likely N-dealkylation sites (tertiary alicyclic amines) is 1. The van der Waals surface area contributed by atoms with Crippen molar-refractivity contribution in [1.82, 2.24) is 18.9 Å². The lowest BCUT2D eigenvalue weighted by Gasteiger charge is -2.32. The Kier molecular flexibility index (Phi) is 4.79. The molecule has 140 valence electrons. The molecule has 6 heteroatoms. The number of piperidine rings is 1. The van der Waals surface area contributed by atoms with Gasteiger partial charge in [0.15, 0.2) is 0 Å². The molecule has 1 saturated heterocycles. The van der Waals surface area contributed by atoms with E-state index in [0.717, 1.165) is 32.4 Å². The summed E-state index contributed by atoms with van der Waals surface area (Å²) in [4.78, 5) is 31.1. The van der Waals surface area contributed by atoms with Crippen LogP contribution in [0.3, 0.4) is 0 Å². The second-order valence-corrected chi connectivity index (χ2v) is 7.35. The SMILES string of the molecule is Cc1cc(=O)n2ccn(CC(=O)N3CCC(Cc4ccccc4)CC3)c2n1. The van der Waals surface area contributed by atoms with Gasteiger partial charge < -0.3 is 9.47 Å². The number of imidazole rings is 1. The zero-order valence-electron chi connectivity index (χ0n) is 15.5. The molecule has 0 N–H and O–H groups in total. The van der Waals surface area contributed by atoms with Crippen molar-refractivity contribution in [2.24, 2.45) is 5.92 Å². The molecule has 0 radical (unpaired) electrons. The molecule has 2 aromatic heterocycles. The first-order chi connectivity index (χ1) is 13.1. The summed E-state index contributed by atoms with van der Waals surface area (Å²) in [5.41, 5.74) is 1.91. The zero-order chi connectivity index (χ0) is 18.8. The van der Waals surface area contributed by atoms with Crippen LogP contribution >= 0.6 is 0 Å². The fourth-order valence-corrected chi connectivity index (χ4v) is 3.85. The molecule has 1 fully saturated rings. The van der Waals surface area contributed by atoms with E-state index in [1.165, 1.54) is 16.0 Å². The maximum atomic E-state index is 12.7. The fraction of sp³-hybridized carbons (Fsp3) is 0.381. The summed E-state index contributed by atoms with van der Waals surface area (Å²) in [6, 6.07) is 12.0. The minimum Gasteiger partial charge on any atom is -0.341 e. The van der Waals surface area contributed by atoms with Gasteiger partial charge in [-0.1, -0.05) is 30.3 Å². The van der Waals surface area contributed by atoms with Crippen molar-refractivity contribution in [3.05, 3.63) is 70.4 Å². The third-order valence-corrected chi connectivity index (χ3v) is 5.35. The van der Waals surface area contributed by atoms with Gasteiger partial charge in [0.25, 0.3) is 5.56 Å². The molecule has 0 saturated carbocycles. The van der Waals surface area contributed by atoms with Crippen LogP contribution < -0.4 is 5.56 Å². The second kappa shape index (κ2) is 7.39. The van der Waals surface area contributed by atoms with E-state index < -0.39 is 0 Å². The van der Waals surface area contributed by atoms with Gasteiger partial charge in [0.05, 0.1) is 0 Å². The van der Waals surface area contributed by atoms with Gasteiger partial charge in [-0.3, -0.25) is 14.0 Å². The highest BCUT2D eigenvalue weighted by Crippen LogP contribution is 2.22. The van der Waals surface area contributed by atoms with Crippen LogP contribution in [-0.4, -0.2) is 37.8 Å². The topological polar surface area (TPSA) is 59.6 Å². The number of nitrogens with zero attached hydrogens (tertiary/aromatic N) is 4. The molecule has 1 aromatic carbocycles. The number of aryl methyl sites for hydroxylation is 1. The normalized spacial score (nSPS) is 15.4. The first-order valence-corrected chi connectivity index (χ1v) is 9.47. The van der Waals surface area contributed by atoms with Crippen molar-refractivity contribution in [3.63, 3.8) is 0 Å². The minimum absolute atomic E-state index is 0.0852. The summed E-state index contributed by atoms with van der Waals surface area (Å²) in [6.45, 7) is 3.59. The van der Waals surface area contributed by atoms with Crippen molar-refractivity contribution >= 4 is 11.7 Å². The molecular formula is C21H24N4O2. The number of benzene rings is 1. The Morgan fingerprint density at radius 3 is 2.63 bits per heavy atom. The predicted molar refractivity (Wildman–Crippen MR) is 104 cm³/mol. The van der Waals surface area contributed by atoms with Crippen LogP contribution in [0.1, 0.15) is 24.1 Å². The van der Waals surface area contributed by atoms with Gasteiger partial charge in [-0.15, -0.1) is 0 Å². The third-order valence-electron chi connectivity index (χ3n) is 5.35. The highest BCUT2D eigenvalue weighted by molar-refractivity contribution is 5.76. The monoisotopic (exact) mass is 364 g/mol. The summed E-state index contributed by atoms with van der Waals surface area (Å²) < 4.78 is 3.24. The van der Waals surface area contributed by atoms with Crippen LogP contribution in [0.15, 0.2) is 53.6 Å². The summed E-state index contributed by atoms with van der Waals surface area (Å²) >= 11 is 0. The summed E-state index contributed by atoms with van der Waals surface area (Å²) in [5.74, 6) is 1.24. The van der Waals surface area contributed by atoms with Gasteiger partial charge in [0.1, 0.15) is 6.54 Å². The highest BCUT2D eigenvalue weighted by Gasteiger charge is 2.23. The molecule has 0 bridgehead atoms. The maximum Gasteiger partial charge on any atom is 0.259 e. The molecule has 6 nitrogen and oxygen atoms in total. The minimum atomic E-state index is -0.120. The van der Waals surface area contributed by atoms with E-state index in [4.69, 9.17) is 0 Å². The number of carbonyl (C=O) groups is 1.